The van der Waals surface area contributed by atoms with Crippen molar-refractivity contribution in [2.75, 3.05) is 13.7 Å². The second-order valence-electron chi connectivity index (χ2n) is 4.09. The normalized spacial score (nSPS) is 11.2. The number of esters is 2. The van der Waals surface area contributed by atoms with Gasteiger partial charge in [0.1, 0.15) is 0 Å². The van der Waals surface area contributed by atoms with Crippen LogP contribution in [0.25, 0.3) is 0 Å². The van der Waals surface area contributed by atoms with E-state index < -0.39 is 0 Å². The fourth-order valence-electron chi connectivity index (χ4n) is 1.59. The first kappa shape index (κ1) is 16.7. The van der Waals surface area contributed by atoms with Gasteiger partial charge in [0.2, 0.25) is 0 Å². The number of hydrogen-bond acceptors (Lipinski definition) is 4. The number of carbonyl (C=O) groups is 2. The molecule has 0 bridgehead atoms. The molecule has 0 fully saturated rings. The van der Waals surface area contributed by atoms with Gasteiger partial charge in [0.15, 0.2) is 0 Å². The fourth-order valence-corrected chi connectivity index (χ4v) is 1.59. The van der Waals surface area contributed by atoms with E-state index in [9.17, 15) is 9.59 Å². The fraction of sp³-hybridized carbons (Fsp3) is 0.714. The summed E-state index contributed by atoms with van der Waals surface area (Å²) >= 11 is 0. The van der Waals surface area contributed by atoms with E-state index in [1.54, 1.807) is 6.92 Å². The number of unbranched alkanes of at least 4 members (excludes halogenated alkanes) is 2. The summed E-state index contributed by atoms with van der Waals surface area (Å²) in [6, 6.07) is 0. The van der Waals surface area contributed by atoms with E-state index in [4.69, 9.17) is 4.74 Å². The first-order valence-electron chi connectivity index (χ1n) is 6.57. The highest BCUT2D eigenvalue weighted by molar-refractivity contribution is 5.83. The molecule has 0 N–H and O–H groups in total. The van der Waals surface area contributed by atoms with E-state index in [0.29, 0.717) is 19.4 Å². The van der Waals surface area contributed by atoms with Crippen LogP contribution in [0.2, 0.25) is 0 Å². The number of hydrogen-bond donors (Lipinski definition) is 0. The topological polar surface area (TPSA) is 52.6 Å². The Bertz CT molecular complexity index is 282. The summed E-state index contributed by atoms with van der Waals surface area (Å²) in [6.07, 6.45) is 6.51. The van der Waals surface area contributed by atoms with E-state index in [-0.39, 0.29) is 11.9 Å². The van der Waals surface area contributed by atoms with Crippen molar-refractivity contribution < 1.29 is 19.1 Å². The second-order valence-corrected chi connectivity index (χ2v) is 4.09. The monoisotopic (exact) mass is 256 g/mol. The molecule has 0 saturated heterocycles. The van der Waals surface area contributed by atoms with Crippen LogP contribution < -0.4 is 0 Å². The van der Waals surface area contributed by atoms with Gasteiger partial charge in [-0.1, -0.05) is 25.3 Å². The highest BCUT2D eigenvalue weighted by Gasteiger charge is 2.07. The molecule has 0 rings (SSSR count). The maximum Gasteiger partial charge on any atom is 0.330 e. The van der Waals surface area contributed by atoms with E-state index in [0.717, 1.165) is 31.3 Å². The smallest absolute Gasteiger partial charge is 0.330 e. The third-order valence-electron chi connectivity index (χ3n) is 2.59. The number of allylic oxidation sites excluding steroid dienone is 1. The van der Waals surface area contributed by atoms with Gasteiger partial charge >= 0.3 is 11.9 Å². The van der Waals surface area contributed by atoms with Crippen LogP contribution in [0.1, 0.15) is 52.4 Å². The Kier molecular flexibility index (Phi) is 10.0. The lowest BCUT2D eigenvalue weighted by molar-refractivity contribution is -0.141. The molecule has 0 atom stereocenters. The van der Waals surface area contributed by atoms with Gasteiger partial charge < -0.3 is 9.47 Å². The Morgan fingerprint density at radius 2 is 1.78 bits per heavy atom. The van der Waals surface area contributed by atoms with Gasteiger partial charge in [-0.15, -0.1) is 0 Å². The van der Waals surface area contributed by atoms with Crippen molar-refractivity contribution in [2.24, 2.45) is 0 Å². The largest absolute Gasteiger partial charge is 0.469 e. The SMILES string of the molecule is CCCCC/C(=C\C(=O)OCC)CCC(=O)OC. The molecule has 0 aliphatic rings. The van der Waals surface area contributed by atoms with Crippen LogP contribution in [0.4, 0.5) is 0 Å². The van der Waals surface area contributed by atoms with Gasteiger partial charge in [-0.25, -0.2) is 4.79 Å². The average molecular weight is 256 g/mol. The van der Waals surface area contributed by atoms with E-state index in [1.807, 2.05) is 0 Å². The van der Waals surface area contributed by atoms with Crippen molar-refractivity contribution in [1.82, 2.24) is 0 Å². The van der Waals surface area contributed by atoms with Crippen LogP contribution in [0.3, 0.4) is 0 Å². The lowest BCUT2D eigenvalue weighted by Crippen LogP contribution is -2.04. The molecule has 4 heteroatoms. The molecular weight excluding hydrogens is 232 g/mol. The first-order chi connectivity index (χ1) is 8.63. The molecule has 0 amide bonds. The zero-order valence-corrected chi connectivity index (χ0v) is 11.7. The molecule has 104 valence electrons. The zero-order valence-electron chi connectivity index (χ0n) is 11.7. The third kappa shape index (κ3) is 8.79. The summed E-state index contributed by atoms with van der Waals surface area (Å²) in [5, 5.41) is 0. The van der Waals surface area contributed by atoms with Crippen molar-refractivity contribution >= 4 is 11.9 Å². The van der Waals surface area contributed by atoms with Crippen molar-refractivity contribution in [3.8, 4) is 0 Å². The van der Waals surface area contributed by atoms with Crippen molar-refractivity contribution in [3.05, 3.63) is 11.6 Å². The molecule has 0 aromatic rings. The van der Waals surface area contributed by atoms with Crippen LogP contribution in [-0.2, 0) is 19.1 Å². The molecule has 0 aliphatic heterocycles. The minimum atomic E-state index is -0.325. The summed E-state index contributed by atoms with van der Waals surface area (Å²) in [4.78, 5) is 22.5. The van der Waals surface area contributed by atoms with Gasteiger partial charge in [-0.2, -0.15) is 0 Å². The Balaban J connectivity index is 4.31. The zero-order chi connectivity index (χ0) is 13.8. The summed E-state index contributed by atoms with van der Waals surface area (Å²) < 4.78 is 9.48. The maximum absolute atomic E-state index is 11.4. The molecule has 18 heavy (non-hydrogen) atoms. The molecule has 0 aromatic heterocycles. The van der Waals surface area contributed by atoms with Crippen LogP contribution in [-0.4, -0.2) is 25.7 Å². The van der Waals surface area contributed by atoms with Crippen LogP contribution in [0.15, 0.2) is 11.6 Å². The van der Waals surface area contributed by atoms with Crippen LogP contribution >= 0.6 is 0 Å². The molecule has 0 aliphatic carbocycles. The summed E-state index contributed by atoms with van der Waals surface area (Å²) in [6.45, 7) is 4.27. The number of carbonyl (C=O) groups excluding carboxylic acids is 2. The molecular formula is C14H24O4. The van der Waals surface area contributed by atoms with Gasteiger partial charge in [0.05, 0.1) is 13.7 Å². The summed E-state index contributed by atoms with van der Waals surface area (Å²) in [5.41, 5.74) is 0.965. The van der Waals surface area contributed by atoms with Gasteiger partial charge in [-0.05, 0) is 26.2 Å². The van der Waals surface area contributed by atoms with Crippen molar-refractivity contribution in [1.29, 1.82) is 0 Å². The van der Waals surface area contributed by atoms with Crippen molar-refractivity contribution in [3.63, 3.8) is 0 Å². The molecule has 0 radical (unpaired) electrons. The standard InChI is InChI=1S/C14H24O4/c1-4-6-7-8-12(9-10-13(15)17-3)11-14(16)18-5-2/h11H,4-10H2,1-3H3/b12-11+. The summed E-state index contributed by atoms with van der Waals surface area (Å²) in [5.74, 6) is -0.575. The second kappa shape index (κ2) is 10.8. The van der Waals surface area contributed by atoms with Gasteiger partial charge in [-0.3, -0.25) is 4.79 Å². The van der Waals surface area contributed by atoms with E-state index in [2.05, 4.69) is 11.7 Å². The van der Waals surface area contributed by atoms with Crippen molar-refractivity contribution in [2.45, 2.75) is 52.4 Å². The number of ether oxygens (including phenoxy) is 2. The molecule has 0 heterocycles. The molecule has 4 nitrogen and oxygen atoms in total. The van der Waals surface area contributed by atoms with Gasteiger partial charge in [0, 0.05) is 12.5 Å². The van der Waals surface area contributed by atoms with Crippen LogP contribution in [0, 0.1) is 0 Å². The molecule has 0 unspecified atom stereocenters. The lowest BCUT2D eigenvalue weighted by atomic mass is 10.0. The Morgan fingerprint density at radius 1 is 1.06 bits per heavy atom. The quantitative estimate of drug-likeness (QED) is 0.361. The first-order valence-corrected chi connectivity index (χ1v) is 6.57. The lowest BCUT2D eigenvalue weighted by Gasteiger charge is -2.06. The summed E-state index contributed by atoms with van der Waals surface area (Å²) in [7, 11) is 1.37. The number of rotatable bonds is 9. The van der Waals surface area contributed by atoms with E-state index >= 15 is 0 Å². The number of methoxy groups -OCH3 is 1. The average Bonchev–Trinajstić information content (AvgIpc) is 2.35. The predicted molar refractivity (Wildman–Crippen MR) is 70.1 cm³/mol. The van der Waals surface area contributed by atoms with E-state index in [1.165, 1.54) is 13.2 Å². The van der Waals surface area contributed by atoms with Gasteiger partial charge in [0.25, 0.3) is 0 Å². The highest BCUT2D eigenvalue weighted by atomic mass is 16.5. The minimum Gasteiger partial charge on any atom is -0.469 e. The molecule has 0 aromatic carbocycles. The highest BCUT2D eigenvalue weighted by Crippen LogP contribution is 2.15. The Hall–Kier alpha value is -1.32. The Labute approximate surface area is 109 Å². The molecule has 0 spiro atoms. The van der Waals surface area contributed by atoms with Crippen LogP contribution in [0.5, 0.6) is 0 Å². The Morgan fingerprint density at radius 3 is 2.33 bits per heavy atom. The maximum atomic E-state index is 11.4. The minimum absolute atomic E-state index is 0.250. The predicted octanol–water partition coefficient (Wildman–Crippen LogP) is 3.01. The third-order valence-corrected chi connectivity index (χ3v) is 2.59. The molecule has 0 saturated carbocycles.